The minimum absolute atomic E-state index is 0. The lowest BCUT2D eigenvalue weighted by Crippen LogP contribution is -2.33. The van der Waals surface area contributed by atoms with Crippen molar-refractivity contribution in [1.29, 1.82) is 0 Å². The number of carbonyl (C=O) groups is 1. The fraction of sp³-hybridized carbons (Fsp3) is 0.423. The molecular weight excluding hydrogens is 425 g/mol. The summed E-state index contributed by atoms with van der Waals surface area (Å²) >= 11 is 0. The lowest BCUT2D eigenvalue weighted by atomic mass is 9.89. The van der Waals surface area contributed by atoms with Crippen molar-refractivity contribution < 1.29 is 9.18 Å². The highest BCUT2D eigenvalue weighted by molar-refractivity contribution is 6.07. The Bertz CT molecular complexity index is 1180. The first-order valence-corrected chi connectivity index (χ1v) is 11.5. The number of hydrogen-bond acceptors (Lipinski definition) is 2. The van der Waals surface area contributed by atoms with Gasteiger partial charge in [-0.3, -0.25) is 9.69 Å². The molecule has 4 nitrogen and oxygen atoms in total. The van der Waals surface area contributed by atoms with Gasteiger partial charge in [-0.15, -0.1) is 12.4 Å². The smallest absolute Gasteiger partial charge is 0.256 e. The molecule has 3 aliphatic rings. The second-order valence-corrected chi connectivity index (χ2v) is 9.59. The van der Waals surface area contributed by atoms with Crippen LogP contribution in [0.25, 0.3) is 10.9 Å². The van der Waals surface area contributed by atoms with Crippen LogP contribution >= 0.6 is 12.4 Å². The lowest BCUT2D eigenvalue weighted by molar-refractivity contribution is 0.0769. The van der Waals surface area contributed by atoms with Gasteiger partial charge in [-0.2, -0.15) is 0 Å². The SMILES string of the molecule is CN1C[C@H]2CN(C(=O)c3cccc4c5c([nH]c34)CCCC5)C[C@H]2[C@@H]1c1cccc(F)c1.Cl. The van der Waals surface area contributed by atoms with Crippen molar-refractivity contribution in [3.63, 3.8) is 0 Å². The maximum absolute atomic E-state index is 13.9. The van der Waals surface area contributed by atoms with Gasteiger partial charge in [0.05, 0.1) is 11.1 Å². The predicted octanol–water partition coefficient (Wildman–Crippen LogP) is 4.98. The van der Waals surface area contributed by atoms with Crippen LogP contribution in [0.1, 0.15) is 46.1 Å². The largest absolute Gasteiger partial charge is 0.358 e. The molecule has 168 valence electrons. The summed E-state index contributed by atoms with van der Waals surface area (Å²) in [6.45, 7) is 2.44. The molecule has 3 atom stereocenters. The van der Waals surface area contributed by atoms with Gasteiger partial charge in [0, 0.05) is 42.7 Å². The van der Waals surface area contributed by atoms with Crippen LogP contribution in [0, 0.1) is 17.7 Å². The molecule has 1 aliphatic carbocycles. The third-order valence-corrected chi connectivity index (χ3v) is 7.74. The quantitative estimate of drug-likeness (QED) is 0.594. The average Bonchev–Trinajstić information content (AvgIpc) is 3.43. The van der Waals surface area contributed by atoms with E-state index in [1.807, 2.05) is 23.1 Å². The highest BCUT2D eigenvalue weighted by Gasteiger charge is 2.47. The van der Waals surface area contributed by atoms with Crippen LogP contribution in [0.5, 0.6) is 0 Å². The minimum atomic E-state index is -0.192. The number of halogens is 2. The molecule has 0 radical (unpaired) electrons. The number of carbonyl (C=O) groups excluding carboxylic acids is 1. The van der Waals surface area contributed by atoms with Gasteiger partial charge in [0.2, 0.25) is 0 Å². The summed E-state index contributed by atoms with van der Waals surface area (Å²) in [6, 6.07) is 13.3. The van der Waals surface area contributed by atoms with E-state index in [-0.39, 0.29) is 30.2 Å². The third-order valence-electron chi connectivity index (χ3n) is 7.74. The normalized spacial score (nSPS) is 24.9. The van der Waals surface area contributed by atoms with Crippen molar-refractivity contribution in [3.8, 4) is 0 Å². The first-order chi connectivity index (χ1) is 15.1. The van der Waals surface area contributed by atoms with Gasteiger partial charge in [0.25, 0.3) is 5.91 Å². The molecule has 6 rings (SSSR count). The van der Waals surface area contributed by atoms with Crippen molar-refractivity contribution in [3.05, 3.63) is 70.7 Å². The van der Waals surface area contributed by atoms with Gasteiger partial charge < -0.3 is 9.88 Å². The molecule has 1 amide bonds. The summed E-state index contributed by atoms with van der Waals surface area (Å²) in [7, 11) is 2.12. The van der Waals surface area contributed by atoms with Crippen LogP contribution in [0.15, 0.2) is 42.5 Å². The molecule has 3 heterocycles. The summed E-state index contributed by atoms with van der Waals surface area (Å²) in [6.07, 6.45) is 4.62. The summed E-state index contributed by atoms with van der Waals surface area (Å²) < 4.78 is 13.9. The Morgan fingerprint density at radius 3 is 2.72 bits per heavy atom. The van der Waals surface area contributed by atoms with E-state index in [1.165, 1.54) is 35.6 Å². The molecule has 0 saturated carbocycles. The number of amides is 1. The summed E-state index contributed by atoms with van der Waals surface area (Å²) in [4.78, 5) is 21.6. The Kier molecular flexibility index (Phi) is 5.50. The Labute approximate surface area is 194 Å². The van der Waals surface area contributed by atoms with Crippen molar-refractivity contribution in [2.45, 2.75) is 31.7 Å². The molecule has 3 aromatic rings. The van der Waals surface area contributed by atoms with Crippen LogP contribution in [-0.4, -0.2) is 47.4 Å². The van der Waals surface area contributed by atoms with Crippen molar-refractivity contribution >= 4 is 29.2 Å². The predicted molar refractivity (Wildman–Crippen MR) is 127 cm³/mol. The number of aryl methyl sites for hydroxylation is 2. The van der Waals surface area contributed by atoms with E-state index in [9.17, 15) is 9.18 Å². The molecule has 0 bridgehead atoms. The zero-order valence-electron chi connectivity index (χ0n) is 18.3. The molecule has 6 heteroatoms. The Morgan fingerprint density at radius 2 is 1.88 bits per heavy atom. The van der Waals surface area contributed by atoms with Crippen molar-refractivity contribution in [2.24, 2.45) is 11.8 Å². The van der Waals surface area contributed by atoms with Gasteiger partial charge in [0.1, 0.15) is 5.82 Å². The number of nitrogens with one attached hydrogen (secondary N) is 1. The standard InChI is InChI=1S/C26H28FN3O.ClH/c1-29-13-17-14-30(15-22(17)25(29)16-6-4-7-18(27)12-16)26(31)21-10-5-9-20-19-8-2-3-11-23(19)28-24(20)21;/h4-7,9-10,12,17,22,25,28H,2-3,8,11,13-15H2,1H3;1H/t17-,22+,25-;/m0./s1. The van der Waals surface area contributed by atoms with Gasteiger partial charge in [0.15, 0.2) is 0 Å². The maximum atomic E-state index is 13.9. The number of rotatable bonds is 2. The number of nitrogens with zero attached hydrogens (tertiary/aromatic N) is 2. The number of likely N-dealkylation sites (tertiary alicyclic amines) is 2. The van der Waals surface area contributed by atoms with Gasteiger partial charge >= 0.3 is 0 Å². The van der Waals surface area contributed by atoms with E-state index in [1.54, 1.807) is 12.1 Å². The monoisotopic (exact) mass is 453 g/mol. The van der Waals surface area contributed by atoms with E-state index in [4.69, 9.17) is 0 Å². The second-order valence-electron chi connectivity index (χ2n) is 9.59. The van der Waals surface area contributed by atoms with Crippen LogP contribution in [0.4, 0.5) is 4.39 Å². The fourth-order valence-electron chi connectivity index (χ4n) is 6.39. The summed E-state index contributed by atoms with van der Waals surface area (Å²) in [5, 5.41) is 1.22. The van der Waals surface area contributed by atoms with E-state index in [0.29, 0.717) is 11.8 Å². The van der Waals surface area contributed by atoms with Crippen LogP contribution in [0.2, 0.25) is 0 Å². The molecule has 1 N–H and O–H groups in total. The highest BCUT2D eigenvalue weighted by atomic mass is 35.5. The summed E-state index contributed by atoms with van der Waals surface area (Å²) in [5.74, 6) is 0.701. The Balaban J connectivity index is 0.00000216. The summed E-state index contributed by atoms with van der Waals surface area (Å²) in [5.41, 5.74) is 5.54. The van der Waals surface area contributed by atoms with Crippen molar-refractivity contribution in [1.82, 2.24) is 14.8 Å². The zero-order valence-corrected chi connectivity index (χ0v) is 19.1. The van der Waals surface area contributed by atoms with E-state index in [2.05, 4.69) is 23.0 Å². The minimum Gasteiger partial charge on any atom is -0.358 e. The molecule has 0 spiro atoms. The van der Waals surface area contributed by atoms with Crippen LogP contribution < -0.4 is 0 Å². The average molecular weight is 454 g/mol. The van der Waals surface area contributed by atoms with E-state index in [0.717, 1.165) is 49.1 Å². The number of benzene rings is 2. The van der Waals surface area contributed by atoms with Crippen LogP contribution in [-0.2, 0) is 12.8 Å². The molecule has 32 heavy (non-hydrogen) atoms. The number of fused-ring (bicyclic) bond motifs is 4. The highest BCUT2D eigenvalue weighted by Crippen LogP contribution is 2.44. The molecule has 2 aliphatic heterocycles. The number of hydrogen-bond donors (Lipinski definition) is 1. The number of para-hydroxylation sites is 1. The second kappa shape index (κ2) is 8.20. The number of aromatic amines is 1. The fourth-order valence-corrected chi connectivity index (χ4v) is 6.39. The molecule has 1 aromatic heterocycles. The first-order valence-electron chi connectivity index (χ1n) is 11.5. The maximum Gasteiger partial charge on any atom is 0.256 e. The topological polar surface area (TPSA) is 39.3 Å². The zero-order chi connectivity index (χ0) is 21.1. The molecule has 2 saturated heterocycles. The van der Waals surface area contributed by atoms with Gasteiger partial charge in [-0.05, 0) is 68.0 Å². The Morgan fingerprint density at radius 1 is 1.06 bits per heavy atom. The lowest BCUT2D eigenvalue weighted by Gasteiger charge is -2.27. The number of aromatic nitrogens is 1. The van der Waals surface area contributed by atoms with Gasteiger partial charge in [-0.1, -0.05) is 24.3 Å². The molecule has 2 aromatic carbocycles. The van der Waals surface area contributed by atoms with Crippen molar-refractivity contribution in [2.75, 3.05) is 26.7 Å². The molecule has 2 fully saturated rings. The van der Waals surface area contributed by atoms with Crippen LogP contribution in [0.3, 0.4) is 0 Å². The van der Waals surface area contributed by atoms with E-state index >= 15 is 0 Å². The van der Waals surface area contributed by atoms with E-state index < -0.39 is 0 Å². The van der Waals surface area contributed by atoms with Gasteiger partial charge in [-0.25, -0.2) is 4.39 Å². The Hall–Kier alpha value is -2.37. The third kappa shape index (κ3) is 3.34. The molecular formula is C26H29ClFN3O. The molecule has 0 unspecified atom stereocenters. The number of H-pyrrole nitrogens is 1. The first kappa shape index (κ1) is 21.5.